The van der Waals surface area contributed by atoms with Gasteiger partial charge in [0.15, 0.2) is 0 Å². The molecule has 0 saturated heterocycles. The van der Waals surface area contributed by atoms with Crippen molar-refractivity contribution in [3.63, 3.8) is 0 Å². The summed E-state index contributed by atoms with van der Waals surface area (Å²) in [7, 11) is 0. The highest BCUT2D eigenvalue weighted by atomic mass is 16.5. The highest BCUT2D eigenvalue weighted by Gasteiger charge is 2.25. The second-order valence-electron chi connectivity index (χ2n) is 5.20. The van der Waals surface area contributed by atoms with Crippen LogP contribution in [0.4, 0.5) is 5.82 Å². The van der Waals surface area contributed by atoms with Gasteiger partial charge in [-0.1, -0.05) is 18.0 Å². The van der Waals surface area contributed by atoms with E-state index in [1.807, 2.05) is 6.92 Å². The molecule has 2 atom stereocenters. The Kier molecular flexibility index (Phi) is 3.33. The molecule has 1 aliphatic carbocycles. The quantitative estimate of drug-likeness (QED) is 0.876. The van der Waals surface area contributed by atoms with E-state index in [1.54, 1.807) is 0 Å². The Balaban J connectivity index is 1.90. The van der Waals surface area contributed by atoms with Crippen LogP contribution in [0.1, 0.15) is 31.4 Å². The van der Waals surface area contributed by atoms with Gasteiger partial charge in [-0.3, -0.25) is 0 Å². The van der Waals surface area contributed by atoms with Crippen molar-refractivity contribution in [2.24, 2.45) is 11.7 Å². The Morgan fingerprint density at radius 1 is 1.37 bits per heavy atom. The van der Waals surface area contributed by atoms with Gasteiger partial charge in [-0.25, -0.2) is 4.98 Å². The molecular formula is C13H19N5O. The van der Waals surface area contributed by atoms with Crippen LogP contribution in [0, 0.1) is 12.8 Å². The fourth-order valence-electron chi connectivity index (χ4n) is 2.89. The zero-order valence-electron chi connectivity index (χ0n) is 11.1. The number of fused-ring (bicyclic) bond motifs is 1. The molecule has 2 aromatic heterocycles. The molecule has 0 bridgehead atoms. The number of rotatable bonds is 3. The van der Waals surface area contributed by atoms with Crippen LogP contribution in [-0.4, -0.2) is 27.7 Å². The van der Waals surface area contributed by atoms with Crippen molar-refractivity contribution < 1.29 is 4.52 Å². The zero-order valence-corrected chi connectivity index (χ0v) is 11.1. The van der Waals surface area contributed by atoms with Gasteiger partial charge in [0.2, 0.25) is 0 Å². The molecule has 0 aliphatic heterocycles. The minimum atomic E-state index is 0.381. The van der Waals surface area contributed by atoms with Gasteiger partial charge >= 0.3 is 0 Å². The summed E-state index contributed by atoms with van der Waals surface area (Å²) >= 11 is 0. The summed E-state index contributed by atoms with van der Waals surface area (Å²) in [5, 5.41) is 8.35. The van der Waals surface area contributed by atoms with Crippen LogP contribution in [0.25, 0.3) is 11.1 Å². The number of aromatic nitrogens is 3. The molecule has 6 nitrogen and oxygen atoms in total. The number of hydrogen-bond acceptors (Lipinski definition) is 6. The lowest BCUT2D eigenvalue weighted by molar-refractivity contribution is 0.332. The number of aryl methyl sites for hydroxylation is 1. The Bertz CT molecular complexity index is 567. The Morgan fingerprint density at radius 2 is 2.21 bits per heavy atom. The maximum Gasteiger partial charge on any atom is 0.263 e. The molecule has 3 N–H and O–H groups in total. The third kappa shape index (κ3) is 2.28. The summed E-state index contributed by atoms with van der Waals surface area (Å²) in [4.78, 5) is 8.43. The maximum atomic E-state index is 5.87. The van der Waals surface area contributed by atoms with Gasteiger partial charge in [-0.15, -0.1) is 0 Å². The lowest BCUT2D eigenvalue weighted by atomic mass is 9.84. The Labute approximate surface area is 111 Å². The lowest BCUT2D eigenvalue weighted by Crippen LogP contribution is -2.37. The first-order valence-electron chi connectivity index (χ1n) is 6.83. The monoisotopic (exact) mass is 261 g/mol. The second-order valence-corrected chi connectivity index (χ2v) is 5.20. The molecule has 2 unspecified atom stereocenters. The normalized spacial score (nSPS) is 23.7. The van der Waals surface area contributed by atoms with E-state index < -0.39 is 0 Å². The first kappa shape index (κ1) is 12.3. The van der Waals surface area contributed by atoms with Gasteiger partial charge in [0.25, 0.3) is 5.71 Å². The third-order valence-electron chi connectivity index (χ3n) is 3.98. The average Bonchev–Trinajstić information content (AvgIpc) is 2.82. The molecule has 102 valence electrons. The molecule has 19 heavy (non-hydrogen) atoms. The van der Waals surface area contributed by atoms with Crippen molar-refractivity contribution in [2.45, 2.75) is 38.6 Å². The summed E-state index contributed by atoms with van der Waals surface area (Å²) in [5.74, 6) is 1.33. The van der Waals surface area contributed by atoms with Crippen LogP contribution < -0.4 is 11.1 Å². The lowest BCUT2D eigenvalue weighted by Gasteiger charge is -2.31. The van der Waals surface area contributed by atoms with E-state index in [2.05, 4.69) is 20.4 Å². The number of anilines is 1. The molecule has 1 fully saturated rings. The molecule has 2 aromatic rings. The average molecular weight is 261 g/mol. The number of nitrogens with two attached hydrogens (primary N) is 1. The molecule has 6 heteroatoms. The van der Waals surface area contributed by atoms with Crippen LogP contribution in [-0.2, 0) is 0 Å². The Hall–Kier alpha value is -1.69. The van der Waals surface area contributed by atoms with E-state index in [0.29, 0.717) is 24.2 Å². The zero-order chi connectivity index (χ0) is 13.2. The minimum absolute atomic E-state index is 0.381. The molecule has 0 aromatic carbocycles. The summed E-state index contributed by atoms with van der Waals surface area (Å²) in [6.07, 6.45) is 6.34. The first-order valence-corrected chi connectivity index (χ1v) is 6.83. The first-order chi connectivity index (χ1) is 9.29. The fraction of sp³-hybridized carbons (Fsp3) is 0.615. The van der Waals surface area contributed by atoms with E-state index in [9.17, 15) is 0 Å². The van der Waals surface area contributed by atoms with Gasteiger partial charge in [0.05, 0.1) is 5.69 Å². The molecular weight excluding hydrogens is 242 g/mol. The van der Waals surface area contributed by atoms with E-state index in [0.717, 1.165) is 23.3 Å². The van der Waals surface area contributed by atoms with Gasteiger partial charge in [-0.2, -0.15) is 4.98 Å². The third-order valence-corrected chi connectivity index (χ3v) is 3.98. The minimum Gasteiger partial charge on any atom is -0.366 e. The fourth-order valence-corrected chi connectivity index (χ4v) is 2.89. The van der Waals surface area contributed by atoms with E-state index in [1.165, 1.54) is 25.6 Å². The predicted octanol–water partition coefficient (Wildman–Crippen LogP) is 1.86. The molecule has 3 rings (SSSR count). The van der Waals surface area contributed by atoms with Crippen molar-refractivity contribution in [3.05, 3.63) is 12.0 Å². The topological polar surface area (TPSA) is 89.9 Å². The van der Waals surface area contributed by atoms with Crippen LogP contribution >= 0.6 is 0 Å². The number of hydrogen-bond donors (Lipinski definition) is 2. The smallest absolute Gasteiger partial charge is 0.263 e. The van der Waals surface area contributed by atoms with Gasteiger partial charge in [0.1, 0.15) is 17.5 Å². The van der Waals surface area contributed by atoms with Crippen molar-refractivity contribution in [3.8, 4) is 0 Å². The van der Waals surface area contributed by atoms with Crippen LogP contribution in [0.15, 0.2) is 10.9 Å². The largest absolute Gasteiger partial charge is 0.366 e. The summed E-state index contributed by atoms with van der Waals surface area (Å²) in [5.41, 5.74) is 7.22. The van der Waals surface area contributed by atoms with Crippen molar-refractivity contribution in [1.29, 1.82) is 0 Å². The highest BCUT2D eigenvalue weighted by Crippen LogP contribution is 2.29. The summed E-state index contributed by atoms with van der Waals surface area (Å²) in [6.45, 7) is 2.62. The van der Waals surface area contributed by atoms with Gasteiger partial charge in [-0.05, 0) is 32.2 Å². The van der Waals surface area contributed by atoms with Gasteiger partial charge < -0.3 is 15.6 Å². The van der Waals surface area contributed by atoms with Crippen molar-refractivity contribution >= 4 is 16.9 Å². The van der Waals surface area contributed by atoms with E-state index in [-0.39, 0.29) is 0 Å². The summed E-state index contributed by atoms with van der Waals surface area (Å²) < 4.78 is 5.17. The number of nitrogens with zero attached hydrogens (tertiary/aromatic N) is 3. The van der Waals surface area contributed by atoms with Crippen LogP contribution in [0.5, 0.6) is 0 Å². The standard InChI is InChI=1S/C13H19N5O/c1-8-11-12(15-7-16-13(11)19-18-8)17-10-5-3-2-4-9(10)6-14/h7,9-10H,2-6,14H2,1H3,(H,15,16,17). The van der Waals surface area contributed by atoms with Gasteiger partial charge in [0, 0.05) is 6.04 Å². The van der Waals surface area contributed by atoms with Crippen molar-refractivity contribution in [1.82, 2.24) is 15.1 Å². The molecule has 2 heterocycles. The van der Waals surface area contributed by atoms with Crippen LogP contribution in [0.3, 0.4) is 0 Å². The maximum absolute atomic E-state index is 5.87. The molecule has 0 spiro atoms. The molecule has 1 aliphatic rings. The predicted molar refractivity (Wildman–Crippen MR) is 72.8 cm³/mol. The second kappa shape index (κ2) is 5.13. The van der Waals surface area contributed by atoms with E-state index in [4.69, 9.17) is 10.3 Å². The number of nitrogens with one attached hydrogen (secondary N) is 1. The van der Waals surface area contributed by atoms with Crippen LogP contribution in [0.2, 0.25) is 0 Å². The molecule has 0 amide bonds. The van der Waals surface area contributed by atoms with Crippen molar-refractivity contribution in [2.75, 3.05) is 11.9 Å². The SMILES string of the molecule is Cc1noc2ncnc(NC3CCCCC3CN)c12. The summed E-state index contributed by atoms with van der Waals surface area (Å²) in [6, 6.07) is 0.381. The molecule has 1 saturated carbocycles. The highest BCUT2D eigenvalue weighted by molar-refractivity contribution is 5.87. The Morgan fingerprint density at radius 3 is 3.05 bits per heavy atom. The molecule has 0 radical (unpaired) electrons. The van der Waals surface area contributed by atoms with E-state index >= 15 is 0 Å².